The molecule has 1 aromatic heterocycles. The number of nitrogens with one attached hydrogen (secondary N) is 2. The summed E-state index contributed by atoms with van der Waals surface area (Å²) >= 11 is 5.88. The molecule has 0 spiro atoms. The molecular formula is C28H34ClN5O4. The minimum Gasteiger partial charge on any atom is -0.393 e. The summed E-state index contributed by atoms with van der Waals surface area (Å²) in [7, 11) is 0. The maximum absolute atomic E-state index is 13.4. The maximum atomic E-state index is 13.4. The van der Waals surface area contributed by atoms with Gasteiger partial charge in [-0.05, 0) is 81.7 Å². The maximum Gasteiger partial charge on any atom is 0.251 e. The lowest BCUT2D eigenvalue weighted by atomic mass is 9.90. The van der Waals surface area contributed by atoms with Crippen LogP contribution in [0.3, 0.4) is 0 Å². The molecule has 0 saturated heterocycles. The zero-order chi connectivity index (χ0) is 26.8. The third-order valence-corrected chi connectivity index (χ3v) is 8.15. The number of fused-ring (bicyclic) bond motifs is 1. The van der Waals surface area contributed by atoms with Crippen LogP contribution in [-0.2, 0) is 9.59 Å². The molecule has 0 radical (unpaired) electrons. The molecule has 1 aliphatic heterocycles. The van der Waals surface area contributed by atoms with Gasteiger partial charge in [0.2, 0.25) is 11.8 Å². The molecule has 202 valence electrons. The third kappa shape index (κ3) is 5.70. The Morgan fingerprint density at radius 2 is 1.87 bits per heavy atom. The van der Waals surface area contributed by atoms with Crippen molar-refractivity contribution in [1.29, 1.82) is 0 Å². The molecule has 2 aromatic rings. The van der Waals surface area contributed by atoms with Crippen LogP contribution in [-0.4, -0.2) is 59.1 Å². The topological polar surface area (TPSA) is 115 Å². The second kappa shape index (κ2) is 11.4. The van der Waals surface area contributed by atoms with Gasteiger partial charge in [-0.2, -0.15) is 0 Å². The van der Waals surface area contributed by atoms with Crippen LogP contribution in [0.5, 0.6) is 0 Å². The highest BCUT2D eigenvalue weighted by Crippen LogP contribution is 2.40. The lowest BCUT2D eigenvalue weighted by Crippen LogP contribution is -2.55. The second-order valence-electron chi connectivity index (χ2n) is 10.5. The van der Waals surface area contributed by atoms with Crippen molar-refractivity contribution in [3.63, 3.8) is 0 Å². The van der Waals surface area contributed by atoms with Crippen LogP contribution in [0.1, 0.15) is 73.8 Å². The van der Waals surface area contributed by atoms with Crippen LogP contribution in [0, 0.1) is 0 Å². The van der Waals surface area contributed by atoms with Crippen molar-refractivity contribution in [2.45, 2.75) is 76.1 Å². The van der Waals surface area contributed by atoms with Gasteiger partial charge in [-0.15, -0.1) is 0 Å². The number of hydrogen-bond donors (Lipinski definition) is 3. The van der Waals surface area contributed by atoms with Gasteiger partial charge in [-0.25, -0.2) is 4.98 Å². The van der Waals surface area contributed by atoms with Crippen LogP contribution < -0.4 is 20.4 Å². The number of anilines is 2. The van der Waals surface area contributed by atoms with Crippen LogP contribution in [0.4, 0.5) is 11.4 Å². The first-order valence-corrected chi connectivity index (χ1v) is 13.8. The fourth-order valence-corrected chi connectivity index (χ4v) is 5.51. The highest BCUT2D eigenvalue weighted by Gasteiger charge is 2.38. The first-order valence-electron chi connectivity index (χ1n) is 13.4. The van der Waals surface area contributed by atoms with E-state index >= 15 is 0 Å². The molecule has 9 nitrogen and oxygen atoms in total. The molecule has 2 saturated carbocycles. The van der Waals surface area contributed by atoms with E-state index in [4.69, 9.17) is 11.6 Å². The molecule has 1 atom stereocenters. The smallest absolute Gasteiger partial charge is 0.251 e. The van der Waals surface area contributed by atoms with Gasteiger partial charge in [0.05, 0.1) is 30.1 Å². The number of amides is 3. The molecule has 3 amide bonds. The third-order valence-electron chi connectivity index (χ3n) is 7.93. The van der Waals surface area contributed by atoms with E-state index < -0.39 is 0 Å². The van der Waals surface area contributed by atoms with E-state index in [0.29, 0.717) is 22.1 Å². The highest BCUT2D eigenvalue weighted by molar-refractivity contribution is 6.29. The molecule has 38 heavy (non-hydrogen) atoms. The van der Waals surface area contributed by atoms with Crippen LogP contribution in [0.2, 0.25) is 5.15 Å². The number of carbonyl (C=O) groups excluding carboxylic acids is 3. The number of carbonyl (C=O) groups is 3. The molecule has 10 heteroatoms. The summed E-state index contributed by atoms with van der Waals surface area (Å²) in [5, 5.41) is 16.4. The Bertz CT molecular complexity index is 1190. The number of benzene rings is 1. The molecule has 0 unspecified atom stereocenters. The highest BCUT2D eigenvalue weighted by atomic mass is 35.5. The number of rotatable bonds is 7. The van der Waals surface area contributed by atoms with Crippen molar-refractivity contribution in [2.24, 2.45) is 0 Å². The second-order valence-corrected chi connectivity index (χ2v) is 10.9. The lowest BCUT2D eigenvalue weighted by Gasteiger charge is -2.43. The van der Waals surface area contributed by atoms with E-state index in [1.165, 1.54) is 4.90 Å². The minimum absolute atomic E-state index is 0.0503. The average Bonchev–Trinajstić information content (AvgIpc) is 2.88. The van der Waals surface area contributed by atoms with Crippen LogP contribution in [0.15, 0.2) is 36.5 Å². The van der Waals surface area contributed by atoms with Crippen molar-refractivity contribution in [2.75, 3.05) is 22.9 Å². The Morgan fingerprint density at radius 3 is 2.53 bits per heavy atom. The Hall–Kier alpha value is -3.01. The number of nitrogens with zero attached hydrogens (tertiary/aromatic N) is 3. The van der Waals surface area contributed by atoms with E-state index in [1.54, 1.807) is 30.5 Å². The van der Waals surface area contributed by atoms with Gasteiger partial charge >= 0.3 is 0 Å². The number of hydrogen-bond acceptors (Lipinski definition) is 6. The normalized spacial score (nSPS) is 22.4. The fourth-order valence-electron chi connectivity index (χ4n) is 5.40. The standard InChI is InChI=1S/C28H34ClN5O4/c1-17(19-6-12-25(29)31-14-19)32-28(38)18-5-11-23-24(13-18)33(16-27(37)34(23)21-3-2-4-21)26(36)15-30-20-7-9-22(35)10-8-20/h5-6,11-14,17,20-22,30,35H,2-4,7-10,15-16H2,1H3,(H,32,38)/t17-,20?,22?/m0/s1. The monoisotopic (exact) mass is 539 g/mol. The SMILES string of the molecule is C[C@H](NC(=O)c1ccc2c(c1)N(C(=O)CNC1CCC(O)CC1)CC(=O)N2C1CCC1)c1ccc(Cl)nc1. The summed E-state index contributed by atoms with van der Waals surface area (Å²) in [5.74, 6) is -0.594. The van der Waals surface area contributed by atoms with Gasteiger partial charge in [0.25, 0.3) is 5.91 Å². The molecular weight excluding hydrogens is 506 g/mol. The zero-order valence-electron chi connectivity index (χ0n) is 21.5. The van der Waals surface area contributed by atoms with E-state index in [-0.39, 0.29) is 55.0 Å². The predicted molar refractivity (Wildman–Crippen MR) is 145 cm³/mol. The number of aliphatic hydroxyl groups excluding tert-OH is 1. The summed E-state index contributed by atoms with van der Waals surface area (Å²) in [6.45, 7) is 1.91. The molecule has 3 N–H and O–H groups in total. The largest absolute Gasteiger partial charge is 0.393 e. The minimum atomic E-state index is -0.299. The zero-order valence-corrected chi connectivity index (χ0v) is 22.3. The lowest BCUT2D eigenvalue weighted by molar-refractivity contribution is -0.123. The summed E-state index contributed by atoms with van der Waals surface area (Å²) in [6.07, 6.45) is 7.36. The molecule has 5 rings (SSSR count). The summed E-state index contributed by atoms with van der Waals surface area (Å²) < 4.78 is 0. The van der Waals surface area contributed by atoms with Gasteiger partial charge in [-0.1, -0.05) is 17.7 Å². The number of pyridine rings is 1. The van der Waals surface area contributed by atoms with Crippen molar-refractivity contribution < 1.29 is 19.5 Å². The van der Waals surface area contributed by atoms with Crippen molar-refractivity contribution in [3.05, 3.63) is 52.8 Å². The van der Waals surface area contributed by atoms with Gasteiger partial charge < -0.3 is 20.6 Å². The van der Waals surface area contributed by atoms with Crippen molar-refractivity contribution in [3.8, 4) is 0 Å². The number of aliphatic hydroxyl groups is 1. The number of halogens is 1. The Balaban J connectivity index is 1.36. The quantitative estimate of drug-likeness (QED) is 0.465. The van der Waals surface area contributed by atoms with Gasteiger partial charge in [0, 0.05) is 23.8 Å². The fraction of sp³-hybridized carbons (Fsp3) is 0.500. The van der Waals surface area contributed by atoms with E-state index in [1.807, 2.05) is 17.9 Å². The first kappa shape index (κ1) is 26.6. The van der Waals surface area contributed by atoms with E-state index in [2.05, 4.69) is 15.6 Å². The molecule has 2 fully saturated rings. The van der Waals surface area contributed by atoms with Gasteiger partial charge in [0.15, 0.2) is 0 Å². The average molecular weight is 540 g/mol. The van der Waals surface area contributed by atoms with Crippen LogP contribution >= 0.6 is 11.6 Å². The predicted octanol–water partition coefficient (Wildman–Crippen LogP) is 3.35. The van der Waals surface area contributed by atoms with Crippen molar-refractivity contribution in [1.82, 2.24) is 15.6 Å². The number of aromatic nitrogens is 1. The molecule has 3 aliphatic rings. The van der Waals surface area contributed by atoms with Gasteiger partial charge in [-0.3, -0.25) is 19.3 Å². The Labute approximate surface area is 227 Å². The van der Waals surface area contributed by atoms with E-state index in [9.17, 15) is 19.5 Å². The van der Waals surface area contributed by atoms with Gasteiger partial charge in [0.1, 0.15) is 11.7 Å². The summed E-state index contributed by atoms with van der Waals surface area (Å²) in [6, 6.07) is 8.69. The van der Waals surface area contributed by atoms with Crippen LogP contribution in [0.25, 0.3) is 0 Å². The molecule has 0 bridgehead atoms. The first-order chi connectivity index (χ1) is 18.3. The molecule has 2 heterocycles. The molecule has 1 aromatic carbocycles. The summed E-state index contributed by atoms with van der Waals surface area (Å²) in [4.78, 5) is 47.1. The Kier molecular flexibility index (Phi) is 7.97. The van der Waals surface area contributed by atoms with Crippen molar-refractivity contribution >= 4 is 40.7 Å². The van der Waals surface area contributed by atoms with E-state index in [0.717, 1.165) is 50.5 Å². The Morgan fingerprint density at radius 1 is 1.11 bits per heavy atom. The summed E-state index contributed by atoms with van der Waals surface area (Å²) in [5.41, 5.74) is 2.48. The molecule has 2 aliphatic carbocycles.